The van der Waals surface area contributed by atoms with Gasteiger partial charge in [0.25, 0.3) is 0 Å². The van der Waals surface area contributed by atoms with E-state index in [1.54, 1.807) is 12.5 Å². The third-order valence-corrected chi connectivity index (χ3v) is 2.52. The van der Waals surface area contributed by atoms with Crippen molar-refractivity contribution in [2.75, 3.05) is 5.73 Å². The molecule has 2 rings (SSSR count). The Kier molecular flexibility index (Phi) is 2.04. The minimum atomic E-state index is 0.822. The van der Waals surface area contributed by atoms with Gasteiger partial charge in [-0.15, -0.1) is 0 Å². The number of aryl methyl sites for hydroxylation is 1. The monoisotopic (exact) mass is 187 g/mol. The van der Waals surface area contributed by atoms with Crippen molar-refractivity contribution in [3.05, 3.63) is 41.9 Å². The molecule has 0 atom stereocenters. The third-order valence-electron chi connectivity index (χ3n) is 2.52. The maximum atomic E-state index is 5.85. The van der Waals surface area contributed by atoms with Crippen molar-refractivity contribution in [1.29, 1.82) is 0 Å². The van der Waals surface area contributed by atoms with Crippen LogP contribution in [0.15, 0.2) is 35.1 Å². The average Bonchev–Trinajstić information content (AvgIpc) is 2.57. The van der Waals surface area contributed by atoms with Crippen LogP contribution >= 0.6 is 0 Å². The van der Waals surface area contributed by atoms with Crippen LogP contribution in [0.3, 0.4) is 0 Å². The van der Waals surface area contributed by atoms with Crippen molar-refractivity contribution in [1.82, 2.24) is 0 Å². The highest BCUT2D eigenvalue weighted by Crippen LogP contribution is 2.29. The minimum absolute atomic E-state index is 0.822. The molecule has 1 aromatic heterocycles. The molecule has 2 aromatic rings. The van der Waals surface area contributed by atoms with Crippen molar-refractivity contribution in [3.8, 4) is 11.1 Å². The predicted octanol–water partition coefficient (Wildman–Crippen LogP) is 3.15. The first kappa shape index (κ1) is 8.88. The molecule has 0 aliphatic rings. The van der Waals surface area contributed by atoms with E-state index in [2.05, 4.69) is 6.07 Å². The highest BCUT2D eigenvalue weighted by Gasteiger charge is 2.07. The van der Waals surface area contributed by atoms with Crippen LogP contribution in [0.25, 0.3) is 11.1 Å². The summed E-state index contributed by atoms with van der Waals surface area (Å²) in [5, 5.41) is 0. The summed E-state index contributed by atoms with van der Waals surface area (Å²) in [6.45, 7) is 4.05. The van der Waals surface area contributed by atoms with Crippen molar-refractivity contribution in [3.63, 3.8) is 0 Å². The average molecular weight is 187 g/mol. The van der Waals surface area contributed by atoms with E-state index in [9.17, 15) is 0 Å². The first-order valence-electron chi connectivity index (χ1n) is 4.58. The van der Waals surface area contributed by atoms with Gasteiger partial charge in [-0.05, 0) is 36.6 Å². The third kappa shape index (κ3) is 1.29. The molecule has 14 heavy (non-hydrogen) atoms. The molecule has 72 valence electrons. The normalized spacial score (nSPS) is 10.4. The predicted molar refractivity (Wildman–Crippen MR) is 58.0 cm³/mol. The van der Waals surface area contributed by atoms with Gasteiger partial charge in [0.05, 0.1) is 12.5 Å². The quantitative estimate of drug-likeness (QED) is 0.696. The molecule has 0 aliphatic carbocycles. The fourth-order valence-corrected chi connectivity index (χ4v) is 1.58. The summed E-state index contributed by atoms with van der Waals surface area (Å²) in [4.78, 5) is 0. The molecular weight excluding hydrogens is 174 g/mol. The van der Waals surface area contributed by atoms with Gasteiger partial charge in [0.1, 0.15) is 0 Å². The van der Waals surface area contributed by atoms with E-state index in [1.807, 2.05) is 26.0 Å². The topological polar surface area (TPSA) is 39.2 Å². The lowest BCUT2D eigenvalue weighted by Gasteiger charge is -2.06. The zero-order chi connectivity index (χ0) is 10.1. The Hall–Kier alpha value is -1.70. The zero-order valence-electron chi connectivity index (χ0n) is 8.37. The summed E-state index contributed by atoms with van der Waals surface area (Å²) in [6, 6.07) is 5.93. The molecule has 0 saturated heterocycles. The Morgan fingerprint density at radius 2 is 1.86 bits per heavy atom. The highest BCUT2D eigenvalue weighted by atomic mass is 16.3. The second kappa shape index (κ2) is 3.22. The number of rotatable bonds is 1. The van der Waals surface area contributed by atoms with Gasteiger partial charge in [0.15, 0.2) is 0 Å². The van der Waals surface area contributed by atoms with Gasteiger partial charge in [0.2, 0.25) is 0 Å². The lowest BCUT2D eigenvalue weighted by atomic mass is 9.99. The number of benzene rings is 1. The van der Waals surface area contributed by atoms with Crippen LogP contribution in [0.2, 0.25) is 0 Å². The van der Waals surface area contributed by atoms with Crippen LogP contribution in [-0.2, 0) is 0 Å². The van der Waals surface area contributed by atoms with Crippen molar-refractivity contribution >= 4 is 5.69 Å². The van der Waals surface area contributed by atoms with E-state index in [4.69, 9.17) is 10.2 Å². The highest BCUT2D eigenvalue weighted by molar-refractivity contribution is 5.74. The smallest absolute Gasteiger partial charge is 0.0983 e. The maximum Gasteiger partial charge on any atom is 0.0983 e. The SMILES string of the molecule is Cc1cocc1-c1cccc(N)c1C. The molecule has 0 radical (unpaired) electrons. The maximum absolute atomic E-state index is 5.85. The fourth-order valence-electron chi connectivity index (χ4n) is 1.58. The molecule has 0 unspecified atom stereocenters. The van der Waals surface area contributed by atoms with Crippen LogP contribution in [-0.4, -0.2) is 0 Å². The molecule has 2 heteroatoms. The van der Waals surface area contributed by atoms with E-state index < -0.39 is 0 Å². The second-order valence-corrected chi connectivity index (χ2v) is 3.49. The molecule has 1 heterocycles. The summed E-state index contributed by atoms with van der Waals surface area (Å²) in [5.41, 5.74) is 11.2. The molecule has 1 aromatic carbocycles. The van der Waals surface area contributed by atoms with Crippen molar-refractivity contribution in [2.45, 2.75) is 13.8 Å². The van der Waals surface area contributed by atoms with Crippen LogP contribution in [0, 0.1) is 13.8 Å². The van der Waals surface area contributed by atoms with E-state index in [0.717, 1.165) is 27.9 Å². The van der Waals surface area contributed by atoms with E-state index >= 15 is 0 Å². The molecule has 0 fully saturated rings. The number of nitrogen functional groups attached to an aromatic ring is 1. The Balaban J connectivity index is 2.63. The summed E-state index contributed by atoms with van der Waals surface area (Å²) in [6.07, 6.45) is 3.51. The van der Waals surface area contributed by atoms with Gasteiger partial charge in [-0.3, -0.25) is 0 Å². The summed E-state index contributed by atoms with van der Waals surface area (Å²) < 4.78 is 5.15. The minimum Gasteiger partial charge on any atom is -0.472 e. The number of nitrogens with two attached hydrogens (primary N) is 1. The van der Waals surface area contributed by atoms with E-state index in [0.29, 0.717) is 0 Å². The van der Waals surface area contributed by atoms with Gasteiger partial charge in [-0.2, -0.15) is 0 Å². The summed E-state index contributed by atoms with van der Waals surface area (Å²) in [7, 11) is 0. The number of anilines is 1. The van der Waals surface area contributed by atoms with Gasteiger partial charge in [-0.1, -0.05) is 12.1 Å². The Bertz CT molecular complexity index is 457. The van der Waals surface area contributed by atoms with Crippen LogP contribution in [0.4, 0.5) is 5.69 Å². The summed E-state index contributed by atoms with van der Waals surface area (Å²) >= 11 is 0. The van der Waals surface area contributed by atoms with Gasteiger partial charge >= 0.3 is 0 Å². The fraction of sp³-hybridized carbons (Fsp3) is 0.167. The molecule has 2 N–H and O–H groups in total. The molecule has 0 aliphatic heterocycles. The second-order valence-electron chi connectivity index (χ2n) is 3.49. The van der Waals surface area contributed by atoms with Crippen molar-refractivity contribution < 1.29 is 4.42 Å². The van der Waals surface area contributed by atoms with Gasteiger partial charge in [-0.25, -0.2) is 0 Å². The summed E-state index contributed by atoms with van der Waals surface area (Å²) in [5.74, 6) is 0. The number of furan rings is 1. The van der Waals surface area contributed by atoms with E-state index in [-0.39, 0.29) is 0 Å². The van der Waals surface area contributed by atoms with Gasteiger partial charge < -0.3 is 10.2 Å². The van der Waals surface area contributed by atoms with Gasteiger partial charge in [0, 0.05) is 11.3 Å². The number of hydrogen-bond acceptors (Lipinski definition) is 2. The number of hydrogen-bond donors (Lipinski definition) is 1. The molecular formula is C12H13NO. The molecule has 0 saturated carbocycles. The van der Waals surface area contributed by atoms with Crippen LogP contribution in [0.1, 0.15) is 11.1 Å². The van der Waals surface area contributed by atoms with Crippen LogP contribution in [0.5, 0.6) is 0 Å². The Morgan fingerprint density at radius 1 is 1.07 bits per heavy atom. The lowest BCUT2D eigenvalue weighted by molar-refractivity contribution is 0.566. The first-order valence-corrected chi connectivity index (χ1v) is 4.58. The van der Waals surface area contributed by atoms with E-state index in [1.165, 1.54) is 0 Å². The molecule has 0 bridgehead atoms. The van der Waals surface area contributed by atoms with Crippen molar-refractivity contribution in [2.24, 2.45) is 0 Å². The Morgan fingerprint density at radius 3 is 2.50 bits per heavy atom. The standard InChI is InChI=1S/C12H13NO/c1-8-6-14-7-11(8)10-4-3-5-12(13)9(10)2/h3-7H,13H2,1-2H3. The largest absolute Gasteiger partial charge is 0.472 e. The zero-order valence-corrected chi connectivity index (χ0v) is 8.37. The lowest BCUT2D eigenvalue weighted by Crippen LogP contribution is -1.91. The molecule has 0 amide bonds. The molecule has 2 nitrogen and oxygen atoms in total. The first-order chi connectivity index (χ1) is 6.70. The van der Waals surface area contributed by atoms with Crippen LogP contribution < -0.4 is 5.73 Å². The Labute approximate surface area is 83.4 Å². The molecule has 0 spiro atoms.